The quantitative estimate of drug-likeness (QED) is 0.273. The van der Waals surface area contributed by atoms with Crippen LogP contribution in [-0.4, -0.2) is 70.5 Å². The van der Waals surface area contributed by atoms with Gasteiger partial charge in [-0.05, 0) is 50.8 Å². The molecule has 12 nitrogen and oxygen atoms in total. The van der Waals surface area contributed by atoms with Gasteiger partial charge in [0.25, 0.3) is 5.91 Å². The number of fused-ring (bicyclic) bond motifs is 3. The number of hydrogen-bond donors (Lipinski definition) is 2. The van der Waals surface area contributed by atoms with Crippen LogP contribution in [0.4, 0.5) is 14.6 Å². The van der Waals surface area contributed by atoms with Crippen LogP contribution < -0.4 is 10.5 Å². The Bertz CT molecular complexity index is 1890. The van der Waals surface area contributed by atoms with Crippen molar-refractivity contribution in [1.29, 1.82) is 0 Å². The van der Waals surface area contributed by atoms with Gasteiger partial charge in [0.05, 0.1) is 30.3 Å². The molecule has 1 amide bonds. The highest BCUT2D eigenvalue weighted by molar-refractivity contribution is 6.00. The van der Waals surface area contributed by atoms with Gasteiger partial charge in [-0.2, -0.15) is 14.7 Å². The van der Waals surface area contributed by atoms with Gasteiger partial charge in [-0.1, -0.05) is 6.07 Å². The molecule has 14 heteroatoms. The molecule has 0 radical (unpaired) electrons. The maximum atomic E-state index is 14.3. The minimum atomic E-state index is -0.828. The molecular weight excluding hydrogens is 572 g/mol. The number of ketones is 1. The number of rotatable bonds is 6. The van der Waals surface area contributed by atoms with Crippen molar-refractivity contribution in [3.05, 3.63) is 71.7 Å². The zero-order valence-electron chi connectivity index (χ0n) is 23.8. The number of hydrogen-bond acceptors (Lipinski definition) is 9. The third-order valence-electron chi connectivity index (χ3n) is 8.61. The Kier molecular flexibility index (Phi) is 6.56. The van der Waals surface area contributed by atoms with Crippen LogP contribution in [0.5, 0.6) is 5.75 Å². The number of ether oxygens (including phenoxy) is 1. The summed E-state index contributed by atoms with van der Waals surface area (Å²) in [6.07, 6.45) is 7.39. The van der Waals surface area contributed by atoms with Gasteiger partial charge < -0.3 is 15.4 Å². The number of Topliss-reactive ketones (excluding diaryl/α,β-unsaturated/α-hetero) is 1. The van der Waals surface area contributed by atoms with Gasteiger partial charge in [-0.25, -0.2) is 18.7 Å². The minimum absolute atomic E-state index is 0.0378. The second-order valence-corrected chi connectivity index (χ2v) is 11.1. The number of nitrogens with one attached hydrogen (secondary N) is 1. The lowest BCUT2D eigenvalue weighted by Crippen LogP contribution is -2.46. The fourth-order valence-corrected chi connectivity index (χ4v) is 6.68. The Hall–Kier alpha value is -5.27. The Morgan fingerprint density at radius 2 is 1.77 bits per heavy atom. The molecule has 44 heavy (non-hydrogen) atoms. The van der Waals surface area contributed by atoms with Crippen LogP contribution >= 0.6 is 0 Å². The van der Waals surface area contributed by atoms with Gasteiger partial charge in [0.15, 0.2) is 28.8 Å². The number of pyridine rings is 1. The van der Waals surface area contributed by atoms with Gasteiger partial charge in [-0.15, -0.1) is 0 Å². The van der Waals surface area contributed by atoms with E-state index in [0.717, 1.165) is 25.0 Å². The number of anilines is 1. The fraction of sp³-hybridized carbons (Fsp3) is 0.300. The number of carbonyl (C=O) groups is 2. The van der Waals surface area contributed by atoms with E-state index in [1.54, 1.807) is 24.5 Å². The van der Waals surface area contributed by atoms with E-state index in [9.17, 15) is 18.4 Å². The second-order valence-electron chi connectivity index (χ2n) is 11.1. The fourth-order valence-electron chi connectivity index (χ4n) is 6.68. The highest BCUT2D eigenvalue weighted by atomic mass is 19.1. The Morgan fingerprint density at radius 3 is 2.36 bits per heavy atom. The molecule has 2 aliphatic heterocycles. The van der Waals surface area contributed by atoms with Gasteiger partial charge in [-0.3, -0.25) is 19.7 Å². The number of amides is 1. The van der Waals surface area contributed by atoms with E-state index in [-0.39, 0.29) is 46.9 Å². The molecule has 7 rings (SSSR count). The number of nitrogens with zero attached hydrogens (tertiary/aromatic N) is 7. The van der Waals surface area contributed by atoms with Crippen LogP contribution in [-0.2, 0) is 0 Å². The van der Waals surface area contributed by atoms with Crippen LogP contribution in [0.25, 0.3) is 28.0 Å². The molecule has 1 aromatic carbocycles. The van der Waals surface area contributed by atoms with Crippen molar-refractivity contribution in [3.8, 4) is 28.1 Å². The monoisotopic (exact) mass is 599 g/mol. The van der Waals surface area contributed by atoms with Crippen LogP contribution in [0.2, 0.25) is 0 Å². The molecule has 1 unspecified atom stereocenters. The lowest BCUT2D eigenvalue weighted by molar-refractivity contribution is 0.0556. The maximum absolute atomic E-state index is 14.3. The first kappa shape index (κ1) is 27.6. The summed E-state index contributed by atoms with van der Waals surface area (Å²) < 4.78 is 34.8. The first-order valence-corrected chi connectivity index (χ1v) is 14.1. The molecule has 5 aromatic rings. The number of methoxy groups -OCH3 is 1. The molecule has 224 valence electrons. The molecule has 2 saturated heterocycles. The topological polar surface area (TPSA) is 157 Å². The number of aromatic amines is 1. The van der Waals surface area contributed by atoms with Crippen molar-refractivity contribution in [2.75, 3.05) is 12.8 Å². The highest BCUT2D eigenvalue weighted by Crippen LogP contribution is 2.45. The normalized spacial score (nSPS) is 19.5. The summed E-state index contributed by atoms with van der Waals surface area (Å²) in [6.45, 7) is 1.46. The maximum Gasteiger partial charge on any atom is 0.291 e. The van der Waals surface area contributed by atoms with E-state index in [0.29, 0.717) is 46.6 Å². The molecule has 6 heterocycles. The van der Waals surface area contributed by atoms with E-state index in [1.165, 1.54) is 24.9 Å². The SMILES string of the molecule is COc1c(F)cc(-c2ccc(-c3cnn4c(N)c(C(C)=O)c(C5C[C@H]6CC[C@@H](C5)N6C(=O)c5ncn[nH]5)nc34)cn2)cc1F. The summed E-state index contributed by atoms with van der Waals surface area (Å²) in [5.41, 5.74) is 9.81. The van der Waals surface area contributed by atoms with Crippen molar-refractivity contribution in [2.45, 2.75) is 50.6 Å². The predicted octanol–water partition coefficient (Wildman–Crippen LogP) is 4.20. The zero-order chi connectivity index (χ0) is 30.7. The molecule has 0 spiro atoms. The molecule has 0 saturated carbocycles. The molecule has 3 N–H and O–H groups in total. The number of benzene rings is 1. The van der Waals surface area contributed by atoms with Gasteiger partial charge in [0.2, 0.25) is 5.82 Å². The van der Waals surface area contributed by atoms with Crippen molar-refractivity contribution in [2.24, 2.45) is 0 Å². The van der Waals surface area contributed by atoms with Crippen LogP contribution in [0.3, 0.4) is 0 Å². The molecule has 2 fully saturated rings. The molecule has 2 aliphatic rings. The Balaban J connectivity index is 1.24. The van der Waals surface area contributed by atoms with Crippen LogP contribution in [0.15, 0.2) is 43.0 Å². The van der Waals surface area contributed by atoms with Crippen molar-refractivity contribution in [3.63, 3.8) is 0 Å². The summed E-state index contributed by atoms with van der Waals surface area (Å²) in [5.74, 6) is -2.23. The summed E-state index contributed by atoms with van der Waals surface area (Å²) in [5, 5.41) is 10.9. The molecule has 0 aliphatic carbocycles. The highest BCUT2D eigenvalue weighted by Gasteiger charge is 2.45. The Labute approximate surface area is 249 Å². The van der Waals surface area contributed by atoms with E-state index in [1.807, 2.05) is 4.90 Å². The molecular formula is C30H27F2N9O3. The largest absolute Gasteiger partial charge is 0.491 e. The van der Waals surface area contributed by atoms with Crippen LogP contribution in [0, 0.1) is 11.6 Å². The molecule has 2 bridgehead atoms. The van der Waals surface area contributed by atoms with Crippen molar-refractivity contribution < 1.29 is 23.1 Å². The minimum Gasteiger partial charge on any atom is -0.491 e. The second kappa shape index (κ2) is 10.5. The first-order valence-electron chi connectivity index (χ1n) is 14.1. The Morgan fingerprint density at radius 1 is 1.05 bits per heavy atom. The number of nitrogens with two attached hydrogens (primary N) is 1. The predicted molar refractivity (Wildman–Crippen MR) is 154 cm³/mol. The first-order chi connectivity index (χ1) is 21.2. The van der Waals surface area contributed by atoms with E-state index < -0.39 is 17.4 Å². The summed E-state index contributed by atoms with van der Waals surface area (Å²) in [6, 6.07) is 5.65. The molecule has 4 aromatic heterocycles. The summed E-state index contributed by atoms with van der Waals surface area (Å²) in [4.78, 5) is 41.4. The number of halogens is 2. The number of carbonyl (C=O) groups excluding carboxylic acids is 2. The van der Waals surface area contributed by atoms with Crippen molar-refractivity contribution in [1.82, 2.24) is 39.7 Å². The number of H-pyrrole nitrogens is 1. The van der Waals surface area contributed by atoms with E-state index in [4.69, 9.17) is 15.5 Å². The summed E-state index contributed by atoms with van der Waals surface area (Å²) in [7, 11) is 1.20. The van der Waals surface area contributed by atoms with Gasteiger partial charge in [0.1, 0.15) is 12.1 Å². The number of aromatic nitrogens is 7. The molecule has 3 atom stereocenters. The third-order valence-corrected chi connectivity index (χ3v) is 8.61. The lowest BCUT2D eigenvalue weighted by atomic mass is 9.85. The average molecular weight is 600 g/mol. The lowest BCUT2D eigenvalue weighted by Gasteiger charge is -2.38. The number of piperidine rings is 1. The third kappa shape index (κ3) is 4.36. The average Bonchev–Trinajstić information content (AvgIpc) is 3.75. The zero-order valence-corrected chi connectivity index (χ0v) is 23.8. The summed E-state index contributed by atoms with van der Waals surface area (Å²) >= 11 is 0. The van der Waals surface area contributed by atoms with Crippen LogP contribution in [0.1, 0.15) is 65.2 Å². The van der Waals surface area contributed by atoms with E-state index >= 15 is 0 Å². The number of nitrogen functional groups attached to an aromatic ring is 1. The van der Waals surface area contributed by atoms with E-state index in [2.05, 4.69) is 25.3 Å². The standard InChI is InChI=1S/C30H27F2N9O3/c1-14(42)24-25(17-7-18-4-5-19(8-17)40(18)30(43)28-35-13-36-39-28)38-29-20(12-37-41(29)27(24)33)15-3-6-23(34-11-15)16-9-21(31)26(44-2)22(32)10-16/h3,6,9-13,17-19H,4-5,7-8,33H2,1-2H3,(H,35,36,39)/t17?,18-,19+. The van der Waals surface area contributed by atoms with Gasteiger partial charge in [0, 0.05) is 40.9 Å². The smallest absolute Gasteiger partial charge is 0.291 e. The van der Waals surface area contributed by atoms with Gasteiger partial charge >= 0.3 is 0 Å². The van der Waals surface area contributed by atoms with Crippen molar-refractivity contribution >= 4 is 23.2 Å².